The summed E-state index contributed by atoms with van der Waals surface area (Å²) in [7, 11) is 0. The maximum Gasteiger partial charge on any atom is 0.256 e. The molecule has 0 atom stereocenters. The maximum atomic E-state index is 14.1. The van der Waals surface area contributed by atoms with Crippen LogP contribution in [0.2, 0.25) is 5.02 Å². The number of rotatable bonds is 4. The number of carbonyl (C=O) groups excluding carboxylic acids is 1. The molecule has 0 saturated carbocycles. The Morgan fingerprint density at radius 2 is 2.04 bits per heavy atom. The number of halogens is 2. The molecule has 2 N–H and O–H groups in total. The first-order valence-corrected chi connectivity index (χ1v) is 7.73. The molecule has 2 heterocycles. The second kappa shape index (κ2) is 6.86. The molecule has 0 fully saturated rings. The SMILES string of the molecule is CC(=O)c1cnccc1Nc1c[nH]c(=O)c(-c2cc(Cl)ccc2F)c1. The number of Topliss-reactive ketones (excluding diaryl/α,β-unsaturated/α-hetero) is 1. The molecule has 25 heavy (non-hydrogen) atoms. The van der Waals surface area contributed by atoms with Gasteiger partial charge in [0.05, 0.1) is 22.5 Å². The first-order chi connectivity index (χ1) is 12.0. The van der Waals surface area contributed by atoms with Gasteiger partial charge in [-0.2, -0.15) is 0 Å². The van der Waals surface area contributed by atoms with Crippen molar-refractivity contribution in [2.75, 3.05) is 5.32 Å². The standard InChI is InChI=1S/C18H13ClFN3O2/c1-10(24)15-9-21-5-4-17(15)23-12-7-14(18(25)22-8-12)13-6-11(19)2-3-16(13)20/h2-9H,1H3,(H,21,23)(H,22,25). The predicted molar refractivity (Wildman–Crippen MR) is 95.0 cm³/mol. The van der Waals surface area contributed by atoms with Crippen LogP contribution in [0.1, 0.15) is 17.3 Å². The van der Waals surface area contributed by atoms with E-state index in [0.29, 0.717) is 22.0 Å². The summed E-state index contributed by atoms with van der Waals surface area (Å²) in [5.74, 6) is -0.707. The zero-order valence-electron chi connectivity index (χ0n) is 13.1. The van der Waals surface area contributed by atoms with Crippen LogP contribution in [0, 0.1) is 5.82 Å². The number of benzene rings is 1. The van der Waals surface area contributed by atoms with Gasteiger partial charge in [0.2, 0.25) is 0 Å². The van der Waals surface area contributed by atoms with Gasteiger partial charge in [-0.05, 0) is 37.3 Å². The molecule has 0 radical (unpaired) electrons. The van der Waals surface area contributed by atoms with Crippen molar-refractivity contribution in [3.8, 4) is 11.1 Å². The van der Waals surface area contributed by atoms with Crippen LogP contribution in [-0.2, 0) is 0 Å². The summed E-state index contributed by atoms with van der Waals surface area (Å²) in [6.07, 6.45) is 4.44. The van der Waals surface area contributed by atoms with E-state index >= 15 is 0 Å². The van der Waals surface area contributed by atoms with Gasteiger partial charge >= 0.3 is 0 Å². The molecular weight excluding hydrogens is 345 g/mol. The van der Waals surface area contributed by atoms with Gasteiger partial charge < -0.3 is 10.3 Å². The second-order valence-electron chi connectivity index (χ2n) is 5.36. The summed E-state index contributed by atoms with van der Waals surface area (Å²) in [5.41, 5.74) is 1.20. The van der Waals surface area contributed by atoms with E-state index in [0.717, 1.165) is 0 Å². The lowest BCUT2D eigenvalue weighted by atomic mass is 10.1. The molecule has 2 aromatic heterocycles. The molecule has 126 valence electrons. The van der Waals surface area contributed by atoms with Gasteiger partial charge in [-0.15, -0.1) is 0 Å². The molecule has 5 nitrogen and oxygen atoms in total. The highest BCUT2D eigenvalue weighted by Crippen LogP contribution is 2.26. The molecule has 1 aromatic carbocycles. The fourth-order valence-corrected chi connectivity index (χ4v) is 2.57. The minimum Gasteiger partial charge on any atom is -0.354 e. The second-order valence-corrected chi connectivity index (χ2v) is 5.79. The van der Waals surface area contributed by atoms with Crippen molar-refractivity contribution in [2.24, 2.45) is 0 Å². The Bertz CT molecular complexity index is 1020. The lowest BCUT2D eigenvalue weighted by molar-refractivity contribution is 0.101. The third kappa shape index (κ3) is 3.59. The minimum absolute atomic E-state index is 0.0962. The number of hydrogen-bond donors (Lipinski definition) is 2. The van der Waals surface area contributed by atoms with Crippen LogP contribution in [0.3, 0.4) is 0 Å². The molecule has 3 aromatic rings. The average Bonchev–Trinajstić information content (AvgIpc) is 2.59. The Morgan fingerprint density at radius 1 is 1.24 bits per heavy atom. The average molecular weight is 358 g/mol. The number of aromatic amines is 1. The van der Waals surface area contributed by atoms with Crippen molar-refractivity contribution < 1.29 is 9.18 Å². The highest BCUT2D eigenvalue weighted by Gasteiger charge is 2.12. The Balaban J connectivity index is 2.05. The number of H-pyrrole nitrogens is 1. The molecule has 0 unspecified atom stereocenters. The molecule has 0 saturated heterocycles. The predicted octanol–water partition coefficient (Wildman–Crippen LogP) is 4.18. The van der Waals surface area contributed by atoms with Gasteiger partial charge in [0.1, 0.15) is 5.82 Å². The van der Waals surface area contributed by atoms with Crippen LogP contribution in [-0.4, -0.2) is 15.8 Å². The number of anilines is 2. The molecule has 0 bridgehead atoms. The number of hydrogen-bond acceptors (Lipinski definition) is 4. The van der Waals surface area contributed by atoms with Crippen LogP contribution in [0.4, 0.5) is 15.8 Å². The number of aromatic nitrogens is 2. The quantitative estimate of drug-likeness (QED) is 0.687. The Kier molecular flexibility index (Phi) is 4.63. The van der Waals surface area contributed by atoms with Gasteiger partial charge in [0.15, 0.2) is 5.78 Å². The van der Waals surface area contributed by atoms with E-state index in [4.69, 9.17) is 11.6 Å². The van der Waals surface area contributed by atoms with E-state index in [1.54, 1.807) is 6.07 Å². The number of carbonyl (C=O) groups is 1. The fraction of sp³-hybridized carbons (Fsp3) is 0.0556. The van der Waals surface area contributed by atoms with Crippen molar-refractivity contribution >= 4 is 28.8 Å². The molecule has 7 heteroatoms. The summed E-state index contributed by atoms with van der Waals surface area (Å²) in [6, 6.07) is 7.14. The van der Waals surface area contributed by atoms with E-state index in [2.05, 4.69) is 15.3 Å². The van der Waals surface area contributed by atoms with Crippen molar-refractivity contribution in [3.05, 3.63) is 75.7 Å². The third-order valence-corrected chi connectivity index (χ3v) is 3.84. The third-order valence-electron chi connectivity index (χ3n) is 3.60. The van der Waals surface area contributed by atoms with Gasteiger partial charge in [0, 0.05) is 29.2 Å². The van der Waals surface area contributed by atoms with Crippen molar-refractivity contribution in [3.63, 3.8) is 0 Å². The van der Waals surface area contributed by atoms with Crippen LogP contribution in [0.15, 0.2) is 53.7 Å². The molecular formula is C18H13ClFN3O2. The molecule has 0 amide bonds. The zero-order valence-corrected chi connectivity index (χ0v) is 13.9. The highest BCUT2D eigenvalue weighted by atomic mass is 35.5. The largest absolute Gasteiger partial charge is 0.354 e. The van der Waals surface area contributed by atoms with Gasteiger partial charge in [0.25, 0.3) is 5.56 Å². The van der Waals surface area contributed by atoms with Crippen LogP contribution < -0.4 is 10.9 Å². The minimum atomic E-state index is -0.555. The van der Waals surface area contributed by atoms with Crippen LogP contribution in [0.25, 0.3) is 11.1 Å². The van der Waals surface area contributed by atoms with Crippen molar-refractivity contribution in [1.29, 1.82) is 0 Å². The topological polar surface area (TPSA) is 74.8 Å². The summed E-state index contributed by atoms with van der Waals surface area (Å²) in [6.45, 7) is 1.43. The van der Waals surface area contributed by atoms with E-state index in [1.165, 1.54) is 49.8 Å². The smallest absolute Gasteiger partial charge is 0.256 e. The zero-order chi connectivity index (χ0) is 18.0. The monoisotopic (exact) mass is 357 g/mol. The van der Waals surface area contributed by atoms with Gasteiger partial charge in [-0.3, -0.25) is 14.6 Å². The van der Waals surface area contributed by atoms with E-state index in [-0.39, 0.29) is 16.9 Å². The summed E-state index contributed by atoms with van der Waals surface area (Å²) < 4.78 is 14.1. The first kappa shape index (κ1) is 16.9. The van der Waals surface area contributed by atoms with Crippen molar-refractivity contribution in [1.82, 2.24) is 9.97 Å². The normalized spacial score (nSPS) is 10.5. The van der Waals surface area contributed by atoms with E-state index < -0.39 is 11.4 Å². The first-order valence-electron chi connectivity index (χ1n) is 7.36. The number of nitrogens with one attached hydrogen (secondary N) is 2. The van der Waals surface area contributed by atoms with Gasteiger partial charge in [-0.1, -0.05) is 11.6 Å². The molecule has 3 rings (SSSR count). The molecule has 0 aliphatic rings. The molecule has 0 spiro atoms. The van der Waals surface area contributed by atoms with E-state index in [9.17, 15) is 14.0 Å². The lowest BCUT2D eigenvalue weighted by Gasteiger charge is -2.11. The fourth-order valence-electron chi connectivity index (χ4n) is 2.40. The number of nitrogens with zero attached hydrogens (tertiary/aromatic N) is 1. The van der Waals surface area contributed by atoms with Crippen LogP contribution in [0.5, 0.6) is 0 Å². The van der Waals surface area contributed by atoms with Gasteiger partial charge in [-0.25, -0.2) is 4.39 Å². The Labute approximate surface area is 147 Å². The highest BCUT2D eigenvalue weighted by molar-refractivity contribution is 6.30. The molecule has 0 aliphatic carbocycles. The van der Waals surface area contributed by atoms with Crippen molar-refractivity contribution in [2.45, 2.75) is 6.92 Å². The molecule has 0 aliphatic heterocycles. The maximum absolute atomic E-state index is 14.1. The summed E-state index contributed by atoms with van der Waals surface area (Å²) in [5, 5.41) is 3.36. The number of pyridine rings is 2. The summed E-state index contributed by atoms with van der Waals surface area (Å²) >= 11 is 5.91. The Hall–Kier alpha value is -2.99. The lowest BCUT2D eigenvalue weighted by Crippen LogP contribution is -2.10. The Morgan fingerprint density at radius 3 is 2.80 bits per heavy atom. The summed E-state index contributed by atoms with van der Waals surface area (Å²) in [4.78, 5) is 30.3. The van der Waals surface area contributed by atoms with Crippen LogP contribution >= 0.6 is 11.6 Å². The van der Waals surface area contributed by atoms with E-state index in [1.807, 2.05) is 0 Å². The number of ketones is 1.